The van der Waals surface area contributed by atoms with E-state index in [2.05, 4.69) is 5.10 Å². The van der Waals surface area contributed by atoms with Gasteiger partial charge in [-0.3, -0.25) is 9.48 Å². The second-order valence-corrected chi connectivity index (χ2v) is 3.38. The van der Waals surface area contributed by atoms with Gasteiger partial charge in [0.05, 0.1) is 24.2 Å². The Kier molecular flexibility index (Phi) is 3.39. The van der Waals surface area contributed by atoms with Gasteiger partial charge in [-0.2, -0.15) is 5.10 Å². The molecule has 1 aromatic rings. The molecular formula is C9H12F2N2O2. The Bertz CT molecular complexity index is 343. The number of carbonyl (C=O) groups is 1. The maximum atomic E-state index is 12.7. The van der Waals surface area contributed by atoms with Crippen molar-refractivity contribution in [3.05, 3.63) is 17.5 Å². The number of halogens is 2. The summed E-state index contributed by atoms with van der Waals surface area (Å²) in [5.41, 5.74) is 0.872. The molecule has 0 amide bonds. The van der Waals surface area contributed by atoms with Gasteiger partial charge in [0.2, 0.25) is 6.43 Å². The minimum atomic E-state index is -2.70. The summed E-state index contributed by atoms with van der Waals surface area (Å²) in [4.78, 5) is 10.5. The van der Waals surface area contributed by atoms with Crippen LogP contribution < -0.4 is 0 Å². The predicted molar refractivity (Wildman–Crippen MR) is 48.9 cm³/mol. The molecule has 0 saturated carbocycles. The van der Waals surface area contributed by atoms with E-state index in [0.29, 0.717) is 5.56 Å². The third-order valence-corrected chi connectivity index (χ3v) is 2.23. The van der Waals surface area contributed by atoms with Crippen LogP contribution in [0.4, 0.5) is 8.78 Å². The molecule has 1 unspecified atom stereocenters. The second-order valence-electron chi connectivity index (χ2n) is 3.38. The van der Waals surface area contributed by atoms with Crippen molar-refractivity contribution in [3.63, 3.8) is 0 Å². The molecule has 0 aliphatic heterocycles. The predicted octanol–water partition coefficient (Wildman–Crippen LogP) is 1.55. The Morgan fingerprint density at radius 1 is 1.67 bits per heavy atom. The van der Waals surface area contributed by atoms with Crippen molar-refractivity contribution < 1.29 is 18.7 Å². The van der Waals surface area contributed by atoms with E-state index in [9.17, 15) is 13.6 Å². The smallest absolute Gasteiger partial charge is 0.304 e. The number of hydrogen-bond donors (Lipinski definition) is 1. The van der Waals surface area contributed by atoms with Gasteiger partial charge in [0.25, 0.3) is 0 Å². The molecule has 15 heavy (non-hydrogen) atoms. The van der Waals surface area contributed by atoms with Crippen molar-refractivity contribution in [3.8, 4) is 0 Å². The van der Waals surface area contributed by atoms with Crippen molar-refractivity contribution in [1.82, 2.24) is 9.78 Å². The molecule has 1 rings (SSSR count). The number of aromatic nitrogens is 2. The van der Waals surface area contributed by atoms with E-state index in [1.807, 2.05) is 0 Å². The zero-order valence-electron chi connectivity index (χ0n) is 8.44. The van der Waals surface area contributed by atoms with Crippen molar-refractivity contribution in [2.45, 2.75) is 25.7 Å². The molecule has 0 spiro atoms. The third kappa shape index (κ3) is 2.51. The Hall–Kier alpha value is -1.46. The van der Waals surface area contributed by atoms with Crippen LogP contribution in [-0.2, 0) is 11.8 Å². The molecule has 6 heteroatoms. The first-order chi connectivity index (χ1) is 6.93. The SMILES string of the molecule is Cc1cnn(C)c1C(CC(=O)O)C(F)F. The lowest BCUT2D eigenvalue weighted by molar-refractivity contribution is -0.138. The Labute approximate surface area is 85.5 Å². The maximum absolute atomic E-state index is 12.7. The molecule has 0 fully saturated rings. The standard InChI is InChI=1S/C9H12F2N2O2/c1-5-4-12-13(2)8(5)6(9(10)11)3-7(14)15/h4,6,9H,3H2,1-2H3,(H,14,15). The van der Waals surface area contributed by atoms with Crippen LogP contribution in [0.3, 0.4) is 0 Å². The fraction of sp³-hybridized carbons (Fsp3) is 0.556. The molecule has 0 aliphatic carbocycles. The number of nitrogens with zero attached hydrogens (tertiary/aromatic N) is 2. The number of alkyl halides is 2. The summed E-state index contributed by atoms with van der Waals surface area (Å²) in [6.45, 7) is 1.64. The van der Waals surface area contributed by atoms with E-state index in [1.54, 1.807) is 6.92 Å². The van der Waals surface area contributed by atoms with Gasteiger partial charge in [0, 0.05) is 7.05 Å². The molecule has 1 atom stereocenters. The van der Waals surface area contributed by atoms with Gasteiger partial charge in [0.1, 0.15) is 0 Å². The Morgan fingerprint density at radius 3 is 2.60 bits per heavy atom. The fourth-order valence-corrected chi connectivity index (χ4v) is 1.58. The van der Waals surface area contributed by atoms with Gasteiger partial charge >= 0.3 is 5.97 Å². The average molecular weight is 218 g/mol. The number of aryl methyl sites for hydroxylation is 2. The van der Waals surface area contributed by atoms with E-state index >= 15 is 0 Å². The molecule has 1 aromatic heterocycles. The monoisotopic (exact) mass is 218 g/mol. The highest BCUT2D eigenvalue weighted by Gasteiger charge is 2.29. The number of aliphatic carboxylic acids is 1. The van der Waals surface area contributed by atoms with Crippen LogP contribution in [0.1, 0.15) is 23.6 Å². The topological polar surface area (TPSA) is 55.1 Å². The number of carboxylic acids is 1. The van der Waals surface area contributed by atoms with Gasteiger partial charge in [-0.05, 0) is 12.5 Å². The zero-order valence-corrected chi connectivity index (χ0v) is 8.44. The van der Waals surface area contributed by atoms with E-state index in [0.717, 1.165) is 0 Å². The van der Waals surface area contributed by atoms with Crippen LogP contribution in [0, 0.1) is 6.92 Å². The summed E-state index contributed by atoms with van der Waals surface area (Å²) in [5, 5.41) is 12.4. The molecule has 0 saturated heterocycles. The van der Waals surface area contributed by atoms with Crippen molar-refractivity contribution in [2.75, 3.05) is 0 Å². The molecule has 1 heterocycles. The molecule has 1 N–H and O–H groups in total. The van der Waals surface area contributed by atoms with E-state index in [4.69, 9.17) is 5.11 Å². The van der Waals surface area contributed by atoms with Crippen molar-refractivity contribution in [2.24, 2.45) is 7.05 Å². The van der Waals surface area contributed by atoms with Gasteiger partial charge in [-0.1, -0.05) is 0 Å². The van der Waals surface area contributed by atoms with E-state index < -0.39 is 24.7 Å². The quantitative estimate of drug-likeness (QED) is 0.834. The van der Waals surface area contributed by atoms with Crippen LogP contribution >= 0.6 is 0 Å². The zero-order chi connectivity index (χ0) is 11.6. The Morgan fingerprint density at radius 2 is 2.27 bits per heavy atom. The average Bonchev–Trinajstić information content (AvgIpc) is 2.42. The molecular weight excluding hydrogens is 206 g/mol. The number of hydrogen-bond acceptors (Lipinski definition) is 2. The minimum Gasteiger partial charge on any atom is -0.481 e. The fourth-order valence-electron chi connectivity index (χ4n) is 1.58. The molecule has 0 aliphatic rings. The van der Waals surface area contributed by atoms with Gasteiger partial charge in [-0.25, -0.2) is 8.78 Å². The largest absolute Gasteiger partial charge is 0.481 e. The number of rotatable bonds is 4. The normalized spacial score (nSPS) is 13.1. The molecule has 0 bridgehead atoms. The molecule has 84 valence electrons. The van der Waals surface area contributed by atoms with E-state index in [-0.39, 0.29) is 5.69 Å². The summed E-state index contributed by atoms with van der Waals surface area (Å²) >= 11 is 0. The highest BCUT2D eigenvalue weighted by atomic mass is 19.3. The lowest BCUT2D eigenvalue weighted by Crippen LogP contribution is -2.18. The first-order valence-electron chi connectivity index (χ1n) is 4.42. The maximum Gasteiger partial charge on any atom is 0.304 e. The molecule has 0 radical (unpaired) electrons. The van der Waals surface area contributed by atoms with Gasteiger partial charge in [0.15, 0.2) is 0 Å². The summed E-state index contributed by atoms with van der Waals surface area (Å²) < 4.78 is 26.7. The van der Waals surface area contributed by atoms with Crippen LogP contribution in [0.2, 0.25) is 0 Å². The van der Waals surface area contributed by atoms with Crippen LogP contribution in [-0.4, -0.2) is 27.3 Å². The van der Waals surface area contributed by atoms with E-state index in [1.165, 1.54) is 17.9 Å². The minimum absolute atomic E-state index is 0.285. The summed E-state index contributed by atoms with van der Waals surface area (Å²) in [6.07, 6.45) is -1.83. The second kappa shape index (κ2) is 4.37. The van der Waals surface area contributed by atoms with Crippen LogP contribution in [0.5, 0.6) is 0 Å². The summed E-state index contributed by atoms with van der Waals surface area (Å²) in [5.74, 6) is -2.53. The van der Waals surface area contributed by atoms with Crippen LogP contribution in [0.15, 0.2) is 6.20 Å². The lowest BCUT2D eigenvalue weighted by atomic mass is 9.99. The Balaban J connectivity index is 3.04. The summed E-state index contributed by atoms with van der Waals surface area (Å²) in [6, 6.07) is 0. The summed E-state index contributed by atoms with van der Waals surface area (Å²) in [7, 11) is 1.53. The highest BCUT2D eigenvalue weighted by molar-refractivity contribution is 5.68. The van der Waals surface area contributed by atoms with Gasteiger partial charge < -0.3 is 5.11 Å². The first-order valence-corrected chi connectivity index (χ1v) is 4.42. The first kappa shape index (κ1) is 11.6. The third-order valence-electron chi connectivity index (χ3n) is 2.23. The van der Waals surface area contributed by atoms with Crippen LogP contribution in [0.25, 0.3) is 0 Å². The highest BCUT2D eigenvalue weighted by Crippen LogP contribution is 2.28. The van der Waals surface area contributed by atoms with Crippen molar-refractivity contribution in [1.29, 1.82) is 0 Å². The van der Waals surface area contributed by atoms with Gasteiger partial charge in [-0.15, -0.1) is 0 Å². The lowest BCUT2D eigenvalue weighted by Gasteiger charge is -2.15. The molecule has 0 aromatic carbocycles. The number of carboxylic acid groups (broad SMARTS) is 1. The molecule has 4 nitrogen and oxygen atoms in total. The van der Waals surface area contributed by atoms with Crippen molar-refractivity contribution >= 4 is 5.97 Å².